The predicted octanol–water partition coefficient (Wildman–Crippen LogP) is 2.44. The molecule has 3 heterocycles. The van der Waals surface area contributed by atoms with Crippen LogP contribution in [0.2, 0.25) is 0 Å². The SMILES string of the molecule is Cc1cc(C)n([C@@H]2CCCN(C(=O)c3cccnc3N(C)C)C2)n1. The molecule has 2 aromatic rings. The zero-order valence-corrected chi connectivity index (χ0v) is 14.9. The second kappa shape index (κ2) is 6.63. The number of piperidine rings is 1. The molecular weight excluding hydrogens is 302 g/mol. The molecule has 6 nitrogen and oxygen atoms in total. The third kappa shape index (κ3) is 3.13. The lowest BCUT2D eigenvalue weighted by Crippen LogP contribution is -2.41. The van der Waals surface area contributed by atoms with Crippen LogP contribution < -0.4 is 4.90 Å². The quantitative estimate of drug-likeness (QED) is 0.869. The van der Waals surface area contributed by atoms with Gasteiger partial charge in [0.25, 0.3) is 5.91 Å². The molecule has 0 spiro atoms. The third-order valence-electron chi connectivity index (χ3n) is 4.51. The van der Waals surface area contributed by atoms with Gasteiger partial charge in [0.1, 0.15) is 5.82 Å². The van der Waals surface area contributed by atoms with E-state index in [1.807, 2.05) is 43.0 Å². The molecule has 128 valence electrons. The Morgan fingerprint density at radius 2 is 2.12 bits per heavy atom. The van der Waals surface area contributed by atoms with Crippen molar-refractivity contribution in [3.05, 3.63) is 41.3 Å². The van der Waals surface area contributed by atoms with Crippen molar-refractivity contribution in [2.24, 2.45) is 0 Å². The van der Waals surface area contributed by atoms with Crippen molar-refractivity contribution in [3.8, 4) is 0 Å². The molecule has 3 rings (SSSR count). The zero-order valence-electron chi connectivity index (χ0n) is 14.9. The number of hydrogen-bond donors (Lipinski definition) is 0. The molecular formula is C18H25N5O. The Kier molecular flexibility index (Phi) is 4.55. The minimum atomic E-state index is 0.0537. The molecule has 0 radical (unpaired) electrons. The summed E-state index contributed by atoms with van der Waals surface area (Å²) in [7, 11) is 3.82. The lowest BCUT2D eigenvalue weighted by Gasteiger charge is -2.34. The smallest absolute Gasteiger partial charge is 0.257 e. The van der Waals surface area contributed by atoms with Gasteiger partial charge in [0.2, 0.25) is 0 Å². The molecule has 1 aliphatic rings. The van der Waals surface area contributed by atoms with Crippen molar-refractivity contribution < 1.29 is 4.79 Å². The standard InChI is InChI=1S/C18H25N5O/c1-13-11-14(2)23(20-13)15-7-6-10-22(12-15)18(24)16-8-5-9-19-17(16)21(3)4/h5,8-9,11,15H,6-7,10,12H2,1-4H3/t15-/m1/s1. The Morgan fingerprint density at radius 1 is 1.33 bits per heavy atom. The molecule has 0 aromatic carbocycles. The van der Waals surface area contributed by atoms with Gasteiger partial charge in [-0.1, -0.05) is 0 Å². The zero-order chi connectivity index (χ0) is 17.3. The van der Waals surface area contributed by atoms with Gasteiger partial charge in [-0.15, -0.1) is 0 Å². The topological polar surface area (TPSA) is 54.3 Å². The number of rotatable bonds is 3. The van der Waals surface area contributed by atoms with Crippen LogP contribution >= 0.6 is 0 Å². The van der Waals surface area contributed by atoms with E-state index in [-0.39, 0.29) is 11.9 Å². The summed E-state index contributed by atoms with van der Waals surface area (Å²) >= 11 is 0. The molecule has 1 amide bonds. The minimum absolute atomic E-state index is 0.0537. The largest absolute Gasteiger partial charge is 0.362 e. The number of pyridine rings is 1. The van der Waals surface area contributed by atoms with E-state index in [2.05, 4.69) is 27.8 Å². The van der Waals surface area contributed by atoms with Gasteiger partial charge in [-0.25, -0.2) is 4.98 Å². The Balaban J connectivity index is 1.82. The lowest BCUT2D eigenvalue weighted by molar-refractivity contribution is 0.0672. The summed E-state index contributed by atoms with van der Waals surface area (Å²) < 4.78 is 2.07. The first-order valence-corrected chi connectivity index (χ1v) is 8.41. The van der Waals surface area contributed by atoms with E-state index in [4.69, 9.17) is 0 Å². The number of anilines is 1. The van der Waals surface area contributed by atoms with Crippen LogP contribution in [0.15, 0.2) is 24.4 Å². The summed E-state index contributed by atoms with van der Waals surface area (Å²) in [5.41, 5.74) is 2.84. The second-order valence-corrected chi connectivity index (χ2v) is 6.69. The van der Waals surface area contributed by atoms with Gasteiger partial charge in [0.15, 0.2) is 0 Å². The summed E-state index contributed by atoms with van der Waals surface area (Å²) in [6, 6.07) is 6.02. The maximum Gasteiger partial charge on any atom is 0.257 e. The average molecular weight is 327 g/mol. The molecule has 0 bridgehead atoms. The van der Waals surface area contributed by atoms with Crippen LogP contribution in [0.3, 0.4) is 0 Å². The van der Waals surface area contributed by atoms with Crippen molar-refractivity contribution in [2.45, 2.75) is 32.7 Å². The van der Waals surface area contributed by atoms with Crippen LogP contribution in [-0.4, -0.2) is 52.8 Å². The lowest BCUT2D eigenvalue weighted by atomic mass is 10.0. The van der Waals surface area contributed by atoms with Gasteiger partial charge in [-0.3, -0.25) is 9.48 Å². The minimum Gasteiger partial charge on any atom is -0.362 e. The number of nitrogens with zero attached hydrogens (tertiary/aromatic N) is 5. The molecule has 1 saturated heterocycles. The number of carbonyl (C=O) groups excluding carboxylic acids is 1. The number of hydrogen-bond acceptors (Lipinski definition) is 4. The number of likely N-dealkylation sites (tertiary alicyclic amines) is 1. The predicted molar refractivity (Wildman–Crippen MR) is 94.4 cm³/mol. The van der Waals surface area contributed by atoms with Crippen LogP contribution in [0, 0.1) is 13.8 Å². The summed E-state index contributed by atoms with van der Waals surface area (Å²) in [5, 5.41) is 4.60. The van der Waals surface area contributed by atoms with E-state index in [0.717, 1.165) is 36.6 Å². The van der Waals surface area contributed by atoms with E-state index >= 15 is 0 Å². The molecule has 0 aliphatic carbocycles. The summed E-state index contributed by atoms with van der Waals surface area (Å²) in [6.45, 7) is 5.57. The number of aromatic nitrogens is 3. The van der Waals surface area contributed by atoms with Gasteiger partial charge in [0.05, 0.1) is 17.3 Å². The second-order valence-electron chi connectivity index (χ2n) is 6.69. The number of aryl methyl sites for hydroxylation is 2. The molecule has 6 heteroatoms. The fourth-order valence-corrected chi connectivity index (χ4v) is 3.45. The van der Waals surface area contributed by atoms with Crippen LogP contribution in [0.25, 0.3) is 0 Å². The molecule has 1 aliphatic heterocycles. The van der Waals surface area contributed by atoms with E-state index in [1.54, 1.807) is 6.20 Å². The van der Waals surface area contributed by atoms with Crippen LogP contribution in [-0.2, 0) is 0 Å². The molecule has 2 aromatic heterocycles. The fraction of sp³-hybridized carbons (Fsp3) is 0.500. The van der Waals surface area contributed by atoms with Crippen molar-refractivity contribution >= 4 is 11.7 Å². The summed E-state index contributed by atoms with van der Waals surface area (Å²) in [6.07, 6.45) is 3.77. The Bertz CT molecular complexity index is 737. The first kappa shape index (κ1) is 16.5. The van der Waals surface area contributed by atoms with Crippen molar-refractivity contribution in [1.82, 2.24) is 19.7 Å². The van der Waals surface area contributed by atoms with Crippen LogP contribution in [0.5, 0.6) is 0 Å². The molecule has 0 N–H and O–H groups in total. The highest BCUT2D eigenvalue weighted by Crippen LogP contribution is 2.25. The van der Waals surface area contributed by atoms with E-state index in [9.17, 15) is 4.79 Å². The normalized spacial score (nSPS) is 17.8. The van der Waals surface area contributed by atoms with Gasteiger partial charge in [-0.05, 0) is 44.9 Å². The molecule has 24 heavy (non-hydrogen) atoms. The van der Waals surface area contributed by atoms with Crippen molar-refractivity contribution in [2.75, 3.05) is 32.1 Å². The van der Waals surface area contributed by atoms with Gasteiger partial charge in [-0.2, -0.15) is 5.10 Å². The number of carbonyl (C=O) groups is 1. The maximum atomic E-state index is 13.0. The van der Waals surface area contributed by atoms with Crippen LogP contribution in [0.1, 0.15) is 40.6 Å². The maximum absolute atomic E-state index is 13.0. The highest BCUT2D eigenvalue weighted by atomic mass is 16.2. The monoisotopic (exact) mass is 327 g/mol. The van der Waals surface area contributed by atoms with E-state index in [1.165, 1.54) is 0 Å². The average Bonchev–Trinajstić information content (AvgIpc) is 2.92. The van der Waals surface area contributed by atoms with Crippen LogP contribution in [0.4, 0.5) is 5.82 Å². The van der Waals surface area contributed by atoms with Crippen molar-refractivity contribution in [3.63, 3.8) is 0 Å². The van der Waals surface area contributed by atoms with Gasteiger partial charge in [0, 0.05) is 39.1 Å². The molecule has 0 unspecified atom stereocenters. The molecule has 1 fully saturated rings. The summed E-state index contributed by atoms with van der Waals surface area (Å²) in [5.74, 6) is 0.772. The van der Waals surface area contributed by atoms with E-state index < -0.39 is 0 Å². The first-order chi connectivity index (χ1) is 11.5. The Morgan fingerprint density at radius 3 is 2.79 bits per heavy atom. The molecule has 0 saturated carbocycles. The van der Waals surface area contributed by atoms with Gasteiger partial charge < -0.3 is 9.80 Å². The fourth-order valence-electron chi connectivity index (χ4n) is 3.45. The van der Waals surface area contributed by atoms with Crippen molar-refractivity contribution in [1.29, 1.82) is 0 Å². The van der Waals surface area contributed by atoms with E-state index in [0.29, 0.717) is 12.1 Å². The highest BCUT2D eigenvalue weighted by molar-refractivity contribution is 5.98. The highest BCUT2D eigenvalue weighted by Gasteiger charge is 2.28. The van der Waals surface area contributed by atoms with Gasteiger partial charge >= 0.3 is 0 Å². The Labute approximate surface area is 143 Å². The molecule has 1 atom stereocenters. The first-order valence-electron chi connectivity index (χ1n) is 8.41. The number of amides is 1. The Hall–Kier alpha value is -2.37. The third-order valence-corrected chi connectivity index (χ3v) is 4.51. The summed E-state index contributed by atoms with van der Waals surface area (Å²) in [4.78, 5) is 21.2.